The van der Waals surface area contributed by atoms with Crippen LogP contribution in [0, 0.1) is 0 Å². The number of benzene rings is 6. The molecule has 6 aromatic carbocycles. The van der Waals surface area contributed by atoms with Crippen LogP contribution >= 0.6 is 11.3 Å². The van der Waals surface area contributed by atoms with E-state index in [0.29, 0.717) is 17.5 Å². The van der Waals surface area contributed by atoms with E-state index >= 15 is 0 Å². The molecule has 0 bridgehead atoms. The molecule has 0 fully saturated rings. The third kappa shape index (κ3) is 5.44. The van der Waals surface area contributed by atoms with Crippen LogP contribution in [-0.4, -0.2) is 24.9 Å². The monoisotopic (exact) mass is 645 g/mol. The standard InChI is InChI=1S/C43H27N5S/c1-4-13-28(14-5-1)31-19-10-21-33(25-31)42-46-41(30-17-8-3-9-18-30)47-43(48-42)34-22-11-20-32(26-34)37-40-38(45-27-44-37)36-24-12-23-35(39(36)49-40)29-15-6-2-7-16-29/h1-27H. The Labute approximate surface area is 287 Å². The van der Waals surface area contributed by atoms with Crippen molar-refractivity contribution < 1.29 is 0 Å². The molecule has 3 heterocycles. The van der Waals surface area contributed by atoms with Crippen molar-refractivity contribution in [3.63, 3.8) is 0 Å². The van der Waals surface area contributed by atoms with Crippen molar-refractivity contribution in [1.29, 1.82) is 0 Å². The molecule has 0 N–H and O–H groups in total. The zero-order valence-corrected chi connectivity index (χ0v) is 27.0. The van der Waals surface area contributed by atoms with E-state index in [0.717, 1.165) is 54.7 Å². The summed E-state index contributed by atoms with van der Waals surface area (Å²) in [5.74, 6) is 1.84. The van der Waals surface area contributed by atoms with Crippen LogP contribution in [0.3, 0.4) is 0 Å². The second kappa shape index (κ2) is 12.3. The van der Waals surface area contributed by atoms with E-state index in [1.807, 2.05) is 48.5 Å². The Balaban J connectivity index is 1.18. The van der Waals surface area contributed by atoms with Crippen LogP contribution < -0.4 is 0 Å². The topological polar surface area (TPSA) is 64.5 Å². The Morgan fingerprint density at radius 1 is 0.367 bits per heavy atom. The Kier molecular flexibility index (Phi) is 7.26. The lowest BCUT2D eigenvalue weighted by molar-refractivity contribution is 1.07. The highest BCUT2D eigenvalue weighted by Crippen LogP contribution is 2.42. The molecule has 5 nitrogen and oxygen atoms in total. The molecule has 0 aliphatic rings. The lowest BCUT2D eigenvalue weighted by Crippen LogP contribution is -2.00. The van der Waals surface area contributed by atoms with Gasteiger partial charge in [-0.25, -0.2) is 24.9 Å². The number of fused-ring (bicyclic) bond motifs is 3. The third-order valence-corrected chi connectivity index (χ3v) is 9.89. The van der Waals surface area contributed by atoms with Gasteiger partial charge in [0.05, 0.1) is 15.9 Å². The van der Waals surface area contributed by atoms with Gasteiger partial charge >= 0.3 is 0 Å². The van der Waals surface area contributed by atoms with Crippen LogP contribution in [0.25, 0.3) is 88.0 Å². The summed E-state index contributed by atoms with van der Waals surface area (Å²) >= 11 is 1.74. The van der Waals surface area contributed by atoms with E-state index in [-0.39, 0.29) is 0 Å². The zero-order valence-electron chi connectivity index (χ0n) is 26.2. The molecule has 0 unspecified atom stereocenters. The lowest BCUT2D eigenvalue weighted by Gasteiger charge is -2.10. The fourth-order valence-corrected chi connectivity index (χ4v) is 7.57. The highest BCUT2D eigenvalue weighted by atomic mass is 32.1. The first-order valence-electron chi connectivity index (χ1n) is 16.1. The minimum atomic E-state index is 0.601. The molecule has 0 aliphatic heterocycles. The van der Waals surface area contributed by atoms with E-state index in [1.54, 1.807) is 17.7 Å². The molecule has 0 aliphatic carbocycles. The molecule has 0 amide bonds. The molecule has 0 radical (unpaired) electrons. The van der Waals surface area contributed by atoms with Crippen LogP contribution in [0.2, 0.25) is 0 Å². The van der Waals surface area contributed by atoms with Gasteiger partial charge in [0.25, 0.3) is 0 Å². The van der Waals surface area contributed by atoms with Crippen molar-refractivity contribution in [1.82, 2.24) is 24.9 Å². The molecule has 9 aromatic rings. The van der Waals surface area contributed by atoms with E-state index in [1.165, 1.54) is 15.8 Å². The number of thiophene rings is 1. The number of hydrogen-bond donors (Lipinski definition) is 0. The summed E-state index contributed by atoms with van der Waals surface area (Å²) in [6, 6.07) is 54.0. The van der Waals surface area contributed by atoms with Gasteiger partial charge < -0.3 is 0 Å². The van der Waals surface area contributed by atoms with Crippen molar-refractivity contribution >= 4 is 31.6 Å². The Bertz CT molecular complexity index is 2600. The van der Waals surface area contributed by atoms with Crippen molar-refractivity contribution in [2.75, 3.05) is 0 Å². The van der Waals surface area contributed by atoms with E-state index < -0.39 is 0 Å². The molecule has 230 valence electrons. The molecular formula is C43H27N5S. The smallest absolute Gasteiger partial charge is 0.164 e. The van der Waals surface area contributed by atoms with Crippen molar-refractivity contribution in [3.8, 4) is 67.7 Å². The summed E-state index contributed by atoms with van der Waals surface area (Å²) in [6.07, 6.45) is 1.67. The van der Waals surface area contributed by atoms with Crippen molar-refractivity contribution in [2.24, 2.45) is 0 Å². The van der Waals surface area contributed by atoms with Crippen LogP contribution in [0.4, 0.5) is 0 Å². The molecule has 0 atom stereocenters. The van der Waals surface area contributed by atoms with Gasteiger partial charge in [0, 0.05) is 32.3 Å². The van der Waals surface area contributed by atoms with Gasteiger partial charge in [0.15, 0.2) is 17.5 Å². The fourth-order valence-electron chi connectivity index (χ4n) is 6.27. The SMILES string of the molecule is c1ccc(-c2cccc(-c3nc(-c4ccccc4)nc(-c4cccc(-c5ncnc6c5sc5c(-c7ccccc7)cccc56)c4)n3)c2)cc1. The Hall–Kier alpha value is -6.37. The maximum atomic E-state index is 5.06. The second-order valence-corrected chi connectivity index (χ2v) is 12.8. The van der Waals surface area contributed by atoms with Crippen LogP contribution in [0.15, 0.2) is 164 Å². The molecule has 9 rings (SSSR count). The summed E-state index contributed by atoms with van der Waals surface area (Å²) in [7, 11) is 0. The predicted octanol–water partition coefficient (Wildman–Crippen LogP) is 11.0. The summed E-state index contributed by atoms with van der Waals surface area (Å²) in [6.45, 7) is 0. The molecule has 0 spiro atoms. The average Bonchev–Trinajstić information content (AvgIpc) is 3.58. The first-order valence-corrected chi connectivity index (χ1v) is 16.9. The molecule has 3 aromatic heterocycles. The van der Waals surface area contributed by atoms with Gasteiger partial charge in [0.1, 0.15) is 6.33 Å². The van der Waals surface area contributed by atoms with Gasteiger partial charge in [-0.1, -0.05) is 146 Å². The van der Waals surface area contributed by atoms with Crippen LogP contribution in [-0.2, 0) is 0 Å². The number of rotatable bonds is 6. The molecule has 6 heteroatoms. The molecule has 49 heavy (non-hydrogen) atoms. The van der Waals surface area contributed by atoms with Gasteiger partial charge in [0.2, 0.25) is 0 Å². The first kappa shape index (κ1) is 28.8. The lowest BCUT2D eigenvalue weighted by atomic mass is 10.0. The number of nitrogens with zero attached hydrogens (tertiary/aromatic N) is 5. The summed E-state index contributed by atoms with van der Waals surface area (Å²) in [5, 5.41) is 1.13. The van der Waals surface area contributed by atoms with Crippen molar-refractivity contribution in [2.45, 2.75) is 0 Å². The number of aromatic nitrogens is 5. The van der Waals surface area contributed by atoms with Crippen LogP contribution in [0.1, 0.15) is 0 Å². The maximum Gasteiger partial charge on any atom is 0.164 e. The zero-order chi connectivity index (χ0) is 32.6. The predicted molar refractivity (Wildman–Crippen MR) is 201 cm³/mol. The molecule has 0 saturated carbocycles. The fraction of sp³-hybridized carbons (Fsp3) is 0. The highest BCUT2D eigenvalue weighted by Gasteiger charge is 2.18. The minimum Gasteiger partial charge on any atom is -0.235 e. The Morgan fingerprint density at radius 2 is 0.878 bits per heavy atom. The average molecular weight is 646 g/mol. The Morgan fingerprint density at radius 3 is 1.55 bits per heavy atom. The first-order chi connectivity index (χ1) is 24.3. The largest absolute Gasteiger partial charge is 0.235 e. The van der Waals surface area contributed by atoms with Crippen LogP contribution in [0.5, 0.6) is 0 Å². The van der Waals surface area contributed by atoms with Gasteiger partial charge in [-0.3, -0.25) is 0 Å². The molecule has 0 saturated heterocycles. The highest BCUT2D eigenvalue weighted by molar-refractivity contribution is 7.26. The third-order valence-electron chi connectivity index (χ3n) is 8.65. The van der Waals surface area contributed by atoms with Gasteiger partial charge in [-0.15, -0.1) is 11.3 Å². The van der Waals surface area contributed by atoms with E-state index in [2.05, 4.69) is 109 Å². The quantitative estimate of drug-likeness (QED) is 0.180. The van der Waals surface area contributed by atoms with E-state index in [4.69, 9.17) is 24.9 Å². The van der Waals surface area contributed by atoms with Gasteiger partial charge in [-0.2, -0.15) is 0 Å². The van der Waals surface area contributed by atoms with Gasteiger partial charge in [-0.05, 0) is 34.4 Å². The summed E-state index contributed by atoms with van der Waals surface area (Å²) in [5.41, 5.74) is 10.2. The number of hydrogen-bond acceptors (Lipinski definition) is 6. The van der Waals surface area contributed by atoms with E-state index in [9.17, 15) is 0 Å². The normalized spacial score (nSPS) is 11.3. The summed E-state index contributed by atoms with van der Waals surface area (Å²) < 4.78 is 2.26. The minimum absolute atomic E-state index is 0.601. The maximum absolute atomic E-state index is 5.06. The van der Waals surface area contributed by atoms with Crippen molar-refractivity contribution in [3.05, 3.63) is 164 Å². The second-order valence-electron chi connectivity index (χ2n) is 11.8. The summed E-state index contributed by atoms with van der Waals surface area (Å²) in [4.78, 5) is 24.6. The molecular weight excluding hydrogens is 619 g/mol.